The molecule has 0 unspecified atom stereocenters. The molecule has 0 atom stereocenters. The Bertz CT molecular complexity index is 1270. The molecule has 5 nitrogen and oxygen atoms in total. The van der Waals surface area contributed by atoms with Crippen molar-refractivity contribution >= 4 is 23.0 Å². The number of nitrogens with zero attached hydrogens (tertiary/aromatic N) is 2. The minimum Gasteiger partial charge on any atom is -0.493 e. The van der Waals surface area contributed by atoms with E-state index in [0.29, 0.717) is 34.5 Å². The lowest BCUT2D eigenvalue weighted by atomic mass is 10.0. The van der Waals surface area contributed by atoms with Gasteiger partial charge in [-0.25, -0.2) is 14.8 Å². The van der Waals surface area contributed by atoms with Crippen LogP contribution < -0.4 is 10.2 Å². The van der Waals surface area contributed by atoms with Crippen molar-refractivity contribution in [1.82, 2.24) is 10.4 Å². The molecule has 0 saturated heterocycles. The number of ether oxygens (including phenoxy) is 1. The number of fused-ring (bicyclic) bond motifs is 1. The van der Waals surface area contributed by atoms with E-state index in [2.05, 4.69) is 10.5 Å². The molecule has 0 aliphatic heterocycles. The predicted octanol–water partition coefficient (Wildman–Crippen LogP) is 5.20. The Morgan fingerprint density at radius 2 is 1.81 bits per heavy atom. The fraction of sp³-hybridized carbons (Fsp3) is 0.0800. The van der Waals surface area contributed by atoms with Gasteiger partial charge in [0.05, 0.1) is 29.6 Å². The molecule has 0 saturated carbocycles. The highest BCUT2D eigenvalue weighted by Crippen LogP contribution is 2.31. The number of pyridine rings is 1. The van der Waals surface area contributed by atoms with E-state index >= 15 is 0 Å². The van der Waals surface area contributed by atoms with Gasteiger partial charge >= 0.3 is 0 Å². The summed E-state index contributed by atoms with van der Waals surface area (Å²) >= 11 is 0. The van der Waals surface area contributed by atoms with Crippen molar-refractivity contribution in [3.8, 4) is 17.0 Å². The van der Waals surface area contributed by atoms with Crippen LogP contribution >= 0.6 is 0 Å². The highest BCUT2D eigenvalue weighted by atomic mass is 19.1. The SMILES string of the molecule is CCOc1ccccc1-c1cc(C(=O)N/N=C\c2ccccc2F)c2ccccc2n1. The van der Waals surface area contributed by atoms with E-state index in [1.807, 2.05) is 55.5 Å². The number of halogens is 1. The molecule has 0 aliphatic rings. The first-order chi connectivity index (χ1) is 15.2. The van der Waals surface area contributed by atoms with Gasteiger partial charge in [0.1, 0.15) is 11.6 Å². The van der Waals surface area contributed by atoms with Crippen LogP contribution in [0, 0.1) is 5.82 Å². The van der Waals surface area contributed by atoms with Crippen LogP contribution in [0.25, 0.3) is 22.2 Å². The summed E-state index contributed by atoms with van der Waals surface area (Å²) in [5.74, 6) is -0.136. The fourth-order valence-corrected chi connectivity index (χ4v) is 3.26. The lowest BCUT2D eigenvalue weighted by molar-refractivity contribution is 0.0956. The van der Waals surface area contributed by atoms with E-state index in [1.165, 1.54) is 12.3 Å². The minimum atomic E-state index is -0.415. The largest absolute Gasteiger partial charge is 0.493 e. The van der Waals surface area contributed by atoms with Crippen molar-refractivity contribution in [2.45, 2.75) is 6.92 Å². The Kier molecular flexibility index (Phi) is 5.98. The summed E-state index contributed by atoms with van der Waals surface area (Å²) in [7, 11) is 0. The zero-order valence-electron chi connectivity index (χ0n) is 16.9. The molecule has 1 heterocycles. The smallest absolute Gasteiger partial charge is 0.272 e. The number of para-hydroxylation sites is 2. The average Bonchev–Trinajstić information content (AvgIpc) is 2.80. The molecular formula is C25H20FN3O2. The molecule has 154 valence electrons. The molecule has 0 spiro atoms. The number of aromatic nitrogens is 1. The third-order valence-electron chi connectivity index (χ3n) is 4.70. The maximum Gasteiger partial charge on any atom is 0.272 e. The predicted molar refractivity (Wildman–Crippen MR) is 120 cm³/mol. The van der Waals surface area contributed by atoms with Gasteiger partial charge in [-0.1, -0.05) is 48.5 Å². The molecule has 4 aromatic rings. The van der Waals surface area contributed by atoms with E-state index in [9.17, 15) is 9.18 Å². The molecule has 31 heavy (non-hydrogen) atoms. The molecular weight excluding hydrogens is 393 g/mol. The number of rotatable bonds is 6. The molecule has 1 N–H and O–H groups in total. The summed E-state index contributed by atoms with van der Waals surface area (Å²) in [6.07, 6.45) is 1.28. The van der Waals surface area contributed by atoms with Gasteiger partial charge in [0.15, 0.2) is 0 Å². The second-order valence-electron chi connectivity index (χ2n) is 6.72. The van der Waals surface area contributed by atoms with E-state index in [4.69, 9.17) is 9.72 Å². The number of hydrazone groups is 1. The molecule has 4 rings (SSSR count). The Hall–Kier alpha value is -4.06. The Balaban J connectivity index is 1.72. The summed E-state index contributed by atoms with van der Waals surface area (Å²) in [5.41, 5.74) is 5.27. The second-order valence-corrected chi connectivity index (χ2v) is 6.72. The highest BCUT2D eigenvalue weighted by Gasteiger charge is 2.15. The maximum absolute atomic E-state index is 13.8. The van der Waals surface area contributed by atoms with Gasteiger partial charge < -0.3 is 4.74 Å². The Labute approximate surface area is 179 Å². The fourth-order valence-electron chi connectivity index (χ4n) is 3.26. The van der Waals surface area contributed by atoms with Gasteiger partial charge in [0.2, 0.25) is 0 Å². The zero-order valence-corrected chi connectivity index (χ0v) is 16.9. The first-order valence-electron chi connectivity index (χ1n) is 9.87. The first kappa shape index (κ1) is 20.2. The van der Waals surface area contributed by atoms with Crippen molar-refractivity contribution in [2.75, 3.05) is 6.61 Å². The number of carbonyl (C=O) groups is 1. The molecule has 0 aliphatic carbocycles. The lowest BCUT2D eigenvalue weighted by Gasteiger charge is -2.12. The molecule has 1 aromatic heterocycles. The molecule has 0 fully saturated rings. The number of nitrogens with one attached hydrogen (secondary N) is 1. The average molecular weight is 413 g/mol. The third kappa shape index (κ3) is 4.43. The monoisotopic (exact) mass is 413 g/mol. The van der Waals surface area contributed by atoms with Crippen LogP contribution in [-0.2, 0) is 0 Å². The highest BCUT2D eigenvalue weighted by molar-refractivity contribution is 6.07. The first-order valence-corrected chi connectivity index (χ1v) is 9.87. The van der Waals surface area contributed by atoms with Crippen LogP contribution in [0.15, 0.2) is 84.0 Å². The van der Waals surface area contributed by atoms with Crippen molar-refractivity contribution < 1.29 is 13.9 Å². The minimum absolute atomic E-state index is 0.286. The summed E-state index contributed by atoms with van der Waals surface area (Å²) in [5, 5.41) is 4.62. The molecule has 3 aromatic carbocycles. The van der Waals surface area contributed by atoms with Crippen LogP contribution in [0.4, 0.5) is 4.39 Å². The molecule has 1 amide bonds. The van der Waals surface area contributed by atoms with Crippen LogP contribution in [0.5, 0.6) is 5.75 Å². The standard InChI is InChI=1S/C25H20FN3O2/c1-2-31-24-14-8-5-11-19(24)23-15-20(18-10-4-7-13-22(18)28-23)25(30)29-27-16-17-9-3-6-12-21(17)26/h3-16H,2H2,1H3,(H,29,30)/b27-16-. The third-order valence-corrected chi connectivity index (χ3v) is 4.70. The Morgan fingerprint density at radius 1 is 1.06 bits per heavy atom. The van der Waals surface area contributed by atoms with Gasteiger partial charge in [0.25, 0.3) is 5.91 Å². The van der Waals surface area contributed by atoms with Crippen molar-refractivity contribution in [2.24, 2.45) is 5.10 Å². The lowest BCUT2D eigenvalue weighted by Crippen LogP contribution is -2.18. The van der Waals surface area contributed by atoms with Crippen LogP contribution in [0.2, 0.25) is 0 Å². The van der Waals surface area contributed by atoms with Gasteiger partial charge in [0, 0.05) is 16.5 Å². The maximum atomic E-state index is 13.8. The van der Waals surface area contributed by atoms with Crippen LogP contribution in [0.3, 0.4) is 0 Å². The van der Waals surface area contributed by atoms with Gasteiger partial charge in [-0.3, -0.25) is 4.79 Å². The van der Waals surface area contributed by atoms with E-state index in [0.717, 1.165) is 5.56 Å². The summed E-state index contributed by atoms with van der Waals surface area (Å²) in [6.45, 7) is 2.43. The van der Waals surface area contributed by atoms with E-state index in [-0.39, 0.29) is 5.56 Å². The van der Waals surface area contributed by atoms with Crippen LogP contribution in [-0.4, -0.2) is 23.7 Å². The quantitative estimate of drug-likeness (QED) is 0.349. The summed E-state index contributed by atoms with van der Waals surface area (Å²) in [4.78, 5) is 17.7. The summed E-state index contributed by atoms with van der Waals surface area (Å²) < 4.78 is 19.5. The van der Waals surface area contributed by atoms with Gasteiger partial charge in [-0.15, -0.1) is 0 Å². The van der Waals surface area contributed by atoms with Crippen molar-refractivity contribution in [3.05, 3.63) is 95.8 Å². The molecule has 0 radical (unpaired) electrons. The number of amides is 1. The van der Waals surface area contributed by atoms with Gasteiger partial charge in [-0.05, 0) is 37.3 Å². The number of hydrogen-bond acceptors (Lipinski definition) is 4. The Morgan fingerprint density at radius 3 is 2.65 bits per heavy atom. The normalized spacial score (nSPS) is 11.0. The topological polar surface area (TPSA) is 63.6 Å². The number of hydrogen-bond donors (Lipinski definition) is 1. The van der Waals surface area contributed by atoms with Crippen molar-refractivity contribution in [1.29, 1.82) is 0 Å². The van der Waals surface area contributed by atoms with Crippen LogP contribution in [0.1, 0.15) is 22.8 Å². The summed E-state index contributed by atoms with van der Waals surface area (Å²) in [6, 6.07) is 22.9. The molecule has 6 heteroatoms. The van der Waals surface area contributed by atoms with Crippen molar-refractivity contribution in [3.63, 3.8) is 0 Å². The second kappa shape index (κ2) is 9.17. The van der Waals surface area contributed by atoms with E-state index < -0.39 is 11.7 Å². The molecule has 0 bridgehead atoms. The number of carbonyl (C=O) groups excluding carboxylic acids is 1. The van der Waals surface area contributed by atoms with E-state index in [1.54, 1.807) is 24.3 Å². The van der Waals surface area contributed by atoms with Gasteiger partial charge in [-0.2, -0.15) is 5.10 Å². The zero-order chi connectivity index (χ0) is 21.6. The number of benzene rings is 3.